The van der Waals surface area contributed by atoms with E-state index in [4.69, 9.17) is 16.3 Å². The molecule has 2 N–H and O–H groups in total. The normalized spacial score (nSPS) is 17.0. The van der Waals surface area contributed by atoms with Gasteiger partial charge in [0.25, 0.3) is 0 Å². The number of hydrogen-bond acceptors (Lipinski definition) is 5. The molecule has 0 saturated carbocycles. The van der Waals surface area contributed by atoms with Gasteiger partial charge in [-0.3, -0.25) is 0 Å². The number of benzene rings is 1. The van der Waals surface area contributed by atoms with Crippen molar-refractivity contribution in [1.29, 1.82) is 0 Å². The van der Waals surface area contributed by atoms with E-state index in [0.29, 0.717) is 30.6 Å². The van der Waals surface area contributed by atoms with Crippen molar-refractivity contribution in [3.63, 3.8) is 0 Å². The fourth-order valence-electron chi connectivity index (χ4n) is 3.15. The van der Waals surface area contributed by atoms with Gasteiger partial charge in [0.05, 0.1) is 0 Å². The highest BCUT2D eigenvalue weighted by atomic mass is 35.5. The van der Waals surface area contributed by atoms with Gasteiger partial charge in [-0.1, -0.05) is 23.7 Å². The topological polar surface area (TPSA) is 80.3 Å². The highest BCUT2D eigenvalue weighted by Crippen LogP contribution is 2.35. The van der Waals surface area contributed by atoms with Crippen LogP contribution in [0.15, 0.2) is 47.5 Å². The minimum atomic E-state index is -3.48. The Kier molecular flexibility index (Phi) is 5.82. The molecular formula is C18H22ClN3O3S. The van der Waals surface area contributed by atoms with Crippen molar-refractivity contribution >= 4 is 27.4 Å². The van der Waals surface area contributed by atoms with E-state index >= 15 is 0 Å². The first kappa shape index (κ1) is 19.1. The van der Waals surface area contributed by atoms with Crippen LogP contribution in [0.2, 0.25) is 5.02 Å². The fraction of sp³-hybridized carbons (Fsp3) is 0.389. The third kappa shape index (κ3) is 4.17. The summed E-state index contributed by atoms with van der Waals surface area (Å²) >= 11 is 6.03. The quantitative estimate of drug-likeness (QED) is 0.786. The lowest BCUT2D eigenvalue weighted by Gasteiger charge is -2.38. The summed E-state index contributed by atoms with van der Waals surface area (Å²) in [7, 11) is -2.10. The zero-order valence-electron chi connectivity index (χ0n) is 14.5. The van der Waals surface area contributed by atoms with Crippen LogP contribution in [-0.2, 0) is 20.2 Å². The largest absolute Gasteiger partial charge is 0.381 e. The Bertz CT molecular complexity index is 833. The molecule has 1 aromatic heterocycles. The van der Waals surface area contributed by atoms with Crippen LogP contribution in [0.4, 0.5) is 5.82 Å². The molecule has 1 saturated heterocycles. The molecule has 140 valence electrons. The number of pyridine rings is 1. The molecule has 2 aromatic rings. The predicted octanol–water partition coefficient (Wildman–Crippen LogP) is 2.80. The first-order valence-electron chi connectivity index (χ1n) is 8.42. The average Bonchev–Trinajstić information content (AvgIpc) is 2.68. The molecule has 0 radical (unpaired) electrons. The van der Waals surface area contributed by atoms with Crippen molar-refractivity contribution in [2.45, 2.75) is 23.2 Å². The lowest BCUT2D eigenvalue weighted by atomic mass is 9.74. The molecule has 26 heavy (non-hydrogen) atoms. The van der Waals surface area contributed by atoms with E-state index in [1.165, 1.54) is 18.8 Å². The van der Waals surface area contributed by atoms with Crippen LogP contribution in [0.5, 0.6) is 0 Å². The Hall–Kier alpha value is -1.67. The lowest BCUT2D eigenvalue weighted by molar-refractivity contribution is 0.0543. The van der Waals surface area contributed by atoms with Crippen LogP contribution in [0.1, 0.15) is 18.4 Å². The zero-order valence-corrected chi connectivity index (χ0v) is 16.1. The van der Waals surface area contributed by atoms with E-state index in [-0.39, 0.29) is 10.3 Å². The van der Waals surface area contributed by atoms with E-state index in [1.807, 2.05) is 12.1 Å². The summed E-state index contributed by atoms with van der Waals surface area (Å²) in [6, 6.07) is 11.2. The van der Waals surface area contributed by atoms with Gasteiger partial charge in [0, 0.05) is 36.4 Å². The van der Waals surface area contributed by atoms with E-state index in [1.54, 1.807) is 12.1 Å². The highest BCUT2D eigenvalue weighted by Gasteiger charge is 2.34. The maximum atomic E-state index is 11.8. The maximum absolute atomic E-state index is 11.8. The Morgan fingerprint density at radius 2 is 1.85 bits per heavy atom. The maximum Gasteiger partial charge on any atom is 0.241 e. The van der Waals surface area contributed by atoms with Crippen LogP contribution in [0.3, 0.4) is 0 Å². The molecule has 1 aromatic carbocycles. The van der Waals surface area contributed by atoms with Gasteiger partial charge < -0.3 is 10.1 Å². The van der Waals surface area contributed by atoms with Crippen molar-refractivity contribution < 1.29 is 13.2 Å². The summed E-state index contributed by atoms with van der Waals surface area (Å²) in [6.45, 7) is 2.09. The standard InChI is InChI=1S/C18H22ClN3O3S/c1-20-26(23,24)16-6-7-17(21-12-16)22-13-18(8-10-25-11-9-18)14-2-4-15(19)5-3-14/h2-7,12,20H,8-11,13H2,1H3,(H,21,22). The number of rotatable bonds is 6. The summed E-state index contributed by atoms with van der Waals surface area (Å²) in [5.41, 5.74) is 1.15. The van der Waals surface area contributed by atoms with E-state index in [9.17, 15) is 8.42 Å². The van der Waals surface area contributed by atoms with Crippen LogP contribution < -0.4 is 10.0 Å². The van der Waals surface area contributed by atoms with Gasteiger partial charge in [-0.25, -0.2) is 18.1 Å². The number of ether oxygens (including phenoxy) is 1. The van der Waals surface area contributed by atoms with Crippen LogP contribution in [0, 0.1) is 0 Å². The first-order chi connectivity index (χ1) is 12.5. The second kappa shape index (κ2) is 7.92. The van der Waals surface area contributed by atoms with Crippen molar-refractivity contribution in [3.8, 4) is 0 Å². The summed E-state index contributed by atoms with van der Waals surface area (Å²) in [5, 5.41) is 4.06. The average molecular weight is 396 g/mol. The van der Waals surface area contributed by atoms with Crippen LogP contribution in [0.25, 0.3) is 0 Å². The number of hydrogen-bond donors (Lipinski definition) is 2. The fourth-order valence-corrected chi connectivity index (χ4v) is 3.95. The van der Waals surface area contributed by atoms with Crippen molar-refractivity contribution in [2.75, 3.05) is 32.1 Å². The van der Waals surface area contributed by atoms with Crippen LogP contribution >= 0.6 is 11.6 Å². The van der Waals surface area contributed by atoms with E-state index in [0.717, 1.165) is 12.8 Å². The van der Waals surface area contributed by atoms with Gasteiger partial charge >= 0.3 is 0 Å². The van der Waals surface area contributed by atoms with Gasteiger partial charge in [-0.2, -0.15) is 0 Å². The molecule has 0 spiro atoms. The number of nitrogens with zero attached hydrogens (tertiary/aromatic N) is 1. The smallest absolute Gasteiger partial charge is 0.241 e. The molecule has 0 bridgehead atoms. The van der Waals surface area contributed by atoms with Gasteiger partial charge in [0.1, 0.15) is 10.7 Å². The first-order valence-corrected chi connectivity index (χ1v) is 10.3. The Morgan fingerprint density at radius 1 is 1.15 bits per heavy atom. The highest BCUT2D eigenvalue weighted by molar-refractivity contribution is 7.89. The second-order valence-electron chi connectivity index (χ2n) is 6.34. The summed E-state index contributed by atoms with van der Waals surface area (Å²) in [6.07, 6.45) is 3.15. The molecule has 0 atom stereocenters. The Labute approximate surface area is 159 Å². The van der Waals surface area contributed by atoms with Gasteiger partial charge in [0.2, 0.25) is 10.0 Å². The van der Waals surface area contributed by atoms with Crippen molar-refractivity contribution in [3.05, 3.63) is 53.2 Å². The molecule has 6 nitrogen and oxygen atoms in total. The molecule has 1 fully saturated rings. The molecule has 8 heteroatoms. The van der Waals surface area contributed by atoms with E-state index in [2.05, 4.69) is 27.2 Å². The van der Waals surface area contributed by atoms with Gasteiger partial charge in [-0.15, -0.1) is 0 Å². The Morgan fingerprint density at radius 3 is 2.42 bits per heavy atom. The summed E-state index contributed by atoms with van der Waals surface area (Å²) in [4.78, 5) is 4.38. The molecule has 0 aliphatic carbocycles. The second-order valence-corrected chi connectivity index (χ2v) is 8.66. The molecular weight excluding hydrogens is 374 g/mol. The van der Waals surface area contributed by atoms with Gasteiger partial charge in [0.15, 0.2) is 0 Å². The molecule has 0 unspecified atom stereocenters. The number of aromatic nitrogens is 1. The van der Waals surface area contributed by atoms with Crippen molar-refractivity contribution in [2.24, 2.45) is 0 Å². The number of sulfonamides is 1. The summed E-state index contributed by atoms with van der Waals surface area (Å²) < 4.78 is 31.4. The Balaban J connectivity index is 1.77. The molecule has 0 amide bonds. The number of anilines is 1. The molecule has 1 aliphatic heterocycles. The molecule has 2 heterocycles. The van der Waals surface area contributed by atoms with Gasteiger partial charge in [-0.05, 0) is 49.7 Å². The molecule has 3 rings (SSSR count). The SMILES string of the molecule is CNS(=O)(=O)c1ccc(NCC2(c3ccc(Cl)cc3)CCOCC2)nc1. The third-order valence-corrected chi connectivity index (χ3v) is 6.48. The molecule has 1 aliphatic rings. The minimum Gasteiger partial charge on any atom is -0.381 e. The van der Waals surface area contributed by atoms with Crippen molar-refractivity contribution in [1.82, 2.24) is 9.71 Å². The third-order valence-electron chi connectivity index (χ3n) is 4.83. The minimum absolute atomic E-state index is 0.0692. The monoisotopic (exact) mass is 395 g/mol. The van der Waals surface area contributed by atoms with Crippen LogP contribution in [-0.4, -0.2) is 40.2 Å². The van der Waals surface area contributed by atoms with E-state index < -0.39 is 10.0 Å². The predicted molar refractivity (Wildman–Crippen MR) is 102 cm³/mol. The summed E-state index contributed by atoms with van der Waals surface area (Å²) in [5.74, 6) is 0.639. The lowest BCUT2D eigenvalue weighted by Crippen LogP contribution is -2.40. The number of halogens is 1. The number of nitrogens with one attached hydrogen (secondary N) is 2. The zero-order chi connectivity index (χ0) is 18.6.